The Labute approximate surface area is 75.5 Å². The van der Waals surface area contributed by atoms with Gasteiger partial charge in [0.25, 0.3) is 0 Å². The molecule has 0 heterocycles. The zero-order valence-corrected chi connectivity index (χ0v) is 8.43. The van der Waals surface area contributed by atoms with Gasteiger partial charge in [-0.25, -0.2) is 0 Å². The van der Waals surface area contributed by atoms with E-state index in [-0.39, 0.29) is 0 Å². The van der Waals surface area contributed by atoms with E-state index in [9.17, 15) is 5.11 Å². The van der Waals surface area contributed by atoms with Crippen molar-refractivity contribution in [1.29, 1.82) is 0 Å². The van der Waals surface area contributed by atoms with Gasteiger partial charge in [0.05, 0.1) is 5.60 Å². The van der Waals surface area contributed by atoms with Crippen LogP contribution in [0.1, 0.15) is 46.5 Å². The molecule has 0 amide bonds. The van der Waals surface area contributed by atoms with Crippen LogP contribution in [0, 0.1) is 5.41 Å². The number of allylic oxidation sites excluding steroid dienone is 1. The van der Waals surface area contributed by atoms with E-state index in [1.807, 2.05) is 6.08 Å². The number of hydrogen-bond donors (Lipinski definition) is 1. The average Bonchev–Trinajstić information content (AvgIpc) is 1.98. The van der Waals surface area contributed by atoms with Gasteiger partial charge in [0.2, 0.25) is 0 Å². The molecule has 0 aromatic carbocycles. The van der Waals surface area contributed by atoms with E-state index in [1.165, 1.54) is 0 Å². The Morgan fingerprint density at radius 2 is 1.92 bits per heavy atom. The van der Waals surface area contributed by atoms with Crippen LogP contribution in [-0.2, 0) is 0 Å². The molecule has 0 aliphatic heterocycles. The summed E-state index contributed by atoms with van der Waals surface area (Å²) in [6.07, 6.45) is 8.14. The third kappa shape index (κ3) is 2.34. The average molecular weight is 168 g/mol. The first-order valence-electron chi connectivity index (χ1n) is 4.90. The zero-order chi connectivity index (χ0) is 9.24. The Morgan fingerprint density at radius 1 is 1.25 bits per heavy atom. The van der Waals surface area contributed by atoms with E-state index in [2.05, 4.69) is 26.8 Å². The van der Waals surface area contributed by atoms with Crippen LogP contribution in [0.5, 0.6) is 0 Å². The van der Waals surface area contributed by atoms with Crippen molar-refractivity contribution in [1.82, 2.24) is 0 Å². The van der Waals surface area contributed by atoms with Crippen LogP contribution in [0.3, 0.4) is 0 Å². The van der Waals surface area contributed by atoms with Crippen molar-refractivity contribution < 1.29 is 5.11 Å². The fraction of sp³-hybridized carbons (Fsp3) is 0.818. The van der Waals surface area contributed by atoms with E-state index >= 15 is 0 Å². The van der Waals surface area contributed by atoms with Crippen molar-refractivity contribution >= 4 is 0 Å². The van der Waals surface area contributed by atoms with E-state index in [0.29, 0.717) is 5.41 Å². The fourth-order valence-corrected chi connectivity index (χ4v) is 1.73. The highest BCUT2D eigenvalue weighted by atomic mass is 16.3. The Bertz CT molecular complexity index is 181. The lowest BCUT2D eigenvalue weighted by molar-refractivity contribution is 0.0516. The Balaban J connectivity index is 2.63. The second kappa shape index (κ2) is 3.21. The molecular weight excluding hydrogens is 148 g/mol. The molecule has 1 heteroatoms. The molecule has 0 bridgehead atoms. The highest BCUT2D eigenvalue weighted by molar-refractivity contribution is 5.10. The van der Waals surface area contributed by atoms with Crippen LogP contribution in [0.2, 0.25) is 0 Å². The summed E-state index contributed by atoms with van der Waals surface area (Å²) in [5.41, 5.74) is -0.204. The van der Waals surface area contributed by atoms with Crippen molar-refractivity contribution in [3.05, 3.63) is 12.2 Å². The lowest BCUT2D eigenvalue weighted by Crippen LogP contribution is -2.31. The summed E-state index contributed by atoms with van der Waals surface area (Å²) >= 11 is 0. The lowest BCUT2D eigenvalue weighted by atomic mass is 9.75. The minimum Gasteiger partial charge on any atom is -0.386 e. The monoisotopic (exact) mass is 168 g/mol. The Morgan fingerprint density at radius 3 is 2.33 bits per heavy atom. The van der Waals surface area contributed by atoms with Crippen molar-refractivity contribution in [2.45, 2.75) is 52.1 Å². The van der Waals surface area contributed by atoms with E-state index in [1.54, 1.807) is 0 Å². The standard InChI is InChI=1S/C11H20O/c1-4-5-11(12)8-6-10(2,3)7-9-11/h6,8,12H,4-5,7,9H2,1-3H3. The molecule has 0 radical (unpaired) electrons. The van der Waals surface area contributed by atoms with Crippen molar-refractivity contribution in [3.8, 4) is 0 Å². The fourth-order valence-electron chi connectivity index (χ4n) is 1.73. The topological polar surface area (TPSA) is 20.2 Å². The van der Waals surface area contributed by atoms with Crippen LogP contribution in [0.25, 0.3) is 0 Å². The maximum absolute atomic E-state index is 10.0. The van der Waals surface area contributed by atoms with E-state index in [0.717, 1.165) is 25.7 Å². The smallest absolute Gasteiger partial charge is 0.0828 e. The zero-order valence-electron chi connectivity index (χ0n) is 8.43. The van der Waals surface area contributed by atoms with Crippen LogP contribution in [0.15, 0.2) is 12.2 Å². The predicted octanol–water partition coefficient (Wildman–Crippen LogP) is 2.89. The molecule has 1 unspecified atom stereocenters. The van der Waals surface area contributed by atoms with Crippen LogP contribution in [0.4, 0.5) is 0 Å². The van der Waals surface area contributed by atoms with E-state index < -0.39 is 5.60 Å². The molecule has 1 rings (SSSR count). The summed E-state index contributed by atoms with van der Waals surface area (Å²) in [6.45, 7) is 6.55. The van der Waals surface area contributed by atoms with Gasteiger partial charge in [0.1, 0.15) is 0 Å². The van der Waals surface area contributed by atoms with E-state index in [4.69, 9.17) is 0 Å². The molecule has 0 saturated carbocycles. The summed E-state index contributed by atoms with van der Waals surface area (Å²) in [5.74, 6) is 0. The Kier molecular flexibility index (Phi) is 2.62. The second-order valence-electron chi connectivity index (χ2n) is 4.68. The Hall–Kier alpha value is -0.300. The molecular formula is C11H20O. The van der Waals surface area contributed by atoms with Gasteiger partial charge in [0.15, 0.2) is 0 Å². The van der Waals surface area contributed by atoms with Gasteiger partial charge in [-0.3, -0.25) is 0 Å². The molecule has 0 fully saturated rings. The highest BCUT2D eigenvalue weighted by Crippen LogP contribution is 2.36. The third-order valence-electron chi connectivity index (χ3n) is 2.73. The van der Waals surface area contributed by atoms with Crippen LogP contribution >= 0.6 is 0 Å². The number of hydrogen-bond acceptors (Lipinski definition) is 1. The first kappa shape index (κ1) is 9.79. The van der Waals surface area contributed by atoms with Gasteiger partial charge < -0.3 is 5.11 Å². The maximum Gasteiger partial charge on any atom is 0.0828 e. The lowest BCUT2D eigenvalue weighted by Gasteiger charge is -2.34. The maximum atomic E-state index is 10.0. The number of rotatable bonds is 2. The molecule has 1 aliphatic rings. The summed E-state index contributed by atoms with van der Waals surface area (Å²) < 4.78 is 0. The van der Waals surface area contributed by atoms with Gasteiger partial charge in [-0.2, -0.15) is 0 Å². The van der Waals surface area contributed by atoms with Gasteiger partial charge in [0, 0.05) is 0 Å². The van der Waals surface area contributed by atoms with Crippen molar-refractivity contribution in [2.75, 3.05) is 0 Å². The predicted molar refractivity (Wildman–Crippen MR) is 52.0 cm³/mol. The summed E-state index contributed by atoms with van der Waals surface area (Å²) in [7, 11) is 0. The van der Waals surface area contributed by atoms with Gasteiger partial charge in [-0.1, -0.05) is 39.3 Å². The normalized spacial score (nSPS) is 33.7. The van der Waals surface area contributed by atoms with Gasteiger partial charge in [-0.05, 0) is 24.7 Å². The number of aliphatic hydroxyl groups is 1. The minimum absolute atomic E-state index is 0.292. The molecule has 0 aromatic rings. The molecule has 1 atom stereocenters. The summed E-state index contributed by atoms with van der Waals surface area (Å²) in [6, 6.07) is 0. The molecule has 1 nitrogen and oxygen atoms in total. The second-order valence-corrected chi connectivity index (χ2v) is 4.68. The van der Waals surface area contributed by atoms with Crippen LogP contribution < -0.4 is 0 Å². The van der Waals surface area contributed by atoms with Crippen molar-refractivity contribution in [2.24, 2.45) is 5.41 Å². The quantitative estimate of drug-likeness (QED) is 0.629. The van der Waals surface area contributed by atoms with Gasteiger partial charge >= 0.3 is 0 Å². The first-order valence-corrected chi connectivity index (χ1v) is 4.90. The minimum atomic E-state index is -0.496. The molecule has 0 aromatic heterocycles. The summed E-state index contributed by atoms with van der Waals surface area (Å²) in [4.78, 5) is 0. The van der Waals surface area contributed by atoms with Crippen LogP contribution in [-0.4, -0.2) is 10.7 Å². The third-order valence-corrected chi connectivity index (χ3v) is 2.73. The SMILES string of the molecule is CCCC1(O)C=CC(C)(C)CC1. The molecule has 0 saturated heterocycles. The van der Waals surface area contributed by atoms with Crippen molar-refractivity contribution in [3.63, 3.8) is 0 Å². The largest absolute Gasteiger partial charge is 0.386 e. The summed E-state index contributed by atoms with van der Waals surface area (Å²) in [5, 5.41) is 10.0. The molecule has 0 spiro atoms. The molecule has 12 heavy (non-hydrogen) atoms. The molecule has 70 valence electrons. The molecule has 1 aliphatic carbocycles. The first-order chi connectivity index (χ1) is 5.47. The van der Waals surface area contributed by atoms with Gasteiger partial charge in [-0.15, -0.1) is 0 Å². The highest BCUT2D eigenvalue weighted by Gasteiger charge is 2.30. The molecule has 1 N–H and O–H groups in total.